The highest BCUT2D eigenvalue weighted by molar-refractivity contribution is 5.92. The van der Waals surface area contributed by atoms with Crippen LogP contribution >= 0.6 is 0 Å². The van der Waals surface area contributed by atoms with Crippen LogP contribution in [-0.4, -0.2) is 12.6 Å². The van der Waals surface area contributed by atoms with Crippen LogP contribution in [0.2, 0.25) is 0 Å². The maximum Gasteiger partial charge on any atom is 0.341 e. The highest BCUT2D eigenvalue weighted by Gasteiger charge is 2.19. The number of furan rings is 1. The lowest BCUT2D eigenvalue weighted by Crippen LogP contribution is -2.08. The maximum absolute atomic E-state index is 11.8. The fourth-order valence-corrected chi connectivity index (χ4v) is 1.56. The summed E-state index contributed by atoms with van der Waals surface area (Å²) in [4.78, 5) is 11.8. The van der Waals surface area contributed by atoms with Crippen LogP contribution in [-0.2, 0) is 4.74 Å². The van der Waals surface area contributed by atoms with Gasteiger partial charge in [0.2, 0.25) is 0 Å². The summed E-state index contributed by atoms with van der Waals surface area (Å²) >= 11 is 0. The Kier molecular flexibility index (Phi) is 4.35. The minimum atomic E-state index is -0.295. The van der Waals surface area contributed by atoms with E-state index >= 15 is 0 Å². The zero-order valence-corrected chi connectivity index (χ0v) is 10.1. The first-order chi connectivity index (χ1) is 7.57. The number of hydrogen-bond acceptors (Lipinski definition) is 3. The molecule has 0 saturated carbocycles. The van der Waals surface area contributed by atoms with Gasteiger partial charge in [-0.05, 0) is 33.6 Å². The molecule has 0 unspecified atom stereocenters. The van der Waals surface area contributed by atoms with E-state index in [4.69, 9.17) is 9.15 Å². The number of carbonyl (C=O) groups is 1. The number of hydrogen-bond donors (Lipinski definition) is 0. The van der Waals surface area contributed by atoms with Crippen molar-refractivity contribution >= 4 is 5.97 Å². The number of rotatable bonds is 5. The van der Waals surface area contributed by atoms with Gasteiger partial charge in [-0.25, -0.2) is 4.79 Å². The Hall–Kier alpha value is -1.51. The molecule has 3 nitrogen and oxygen atoms in total. The Labute approximate surface area is 96.1 Å². The van der Waals surface area contributed by atoms with Crippen LogP contribution in [0.5, 0.6) is 0 Å². The van der Waals surface area contributed by atoms with Gasteiger partial charge < -0.3 is 9.15 Å². The smallest absolute Gasteiger partial charge is 0.341 e. The van der Waals surface area contributed by atoms with E-state index in [0.29, 0.717) is 17.9 Å². The fraction of sp³-hybridized carbons (Fsp3) is 0.462. The Morgan fingerprint density at radius 2 is 2.06 bits per heavy atom. The number of aryl methyl sites for hydroxylation is 2. The standard InChI is InChI=1S/C13H18O3/c1-5-6-7-8-15-13(14)12-9(2)10(3)16-11(12)4/h5H,1,6-8H2,2-4H3. The van der Waals surface area contributed by atoms with Crippen molar-refractivity contribution < 1.29 is 13.9 Å². The van der Waals surface area contributed by atoms with Crippen LogP contribution in [0.1, 0.15) is 40.3 Å². The molecule has 0 aliphatic heterocycles. The van der Waals surface area contributed by atoms with Gasteiger partial charge in [0, 0.05) is 5.56 Å². The van der Waals surface area contributed by atoms with Crippen LogP contribution in [0.4, 0.5) is 0 Å². The Morgan fingerprint density at radius 3 is 2.56 bits per heavy atom. The third kappa shape index (κ3) is 2.75. The number of esters is 1. The largest absolute Gasteiger partial charge is 0.465 e. The summed E-state index contributed by atoms with van der Waals surface area (Å²) in [5, 5.41) is 0. The summed E-state index contributed by atoms with van der Waals surface area (Å²) in [6.07, 6.45) is 3.48. The molecule has 0 atom stereocenters. The first kappa shape index (κ1) is 12.6. The first-order valence-electron chi connectivity index (χ1n) is 5.42. The molecule has 0 N–H and O–H groups in total. The second-order valence-electron chi connectivity index (χ2n) is 3.78. The summed E-state index contributed by atoms with van der Waals surface area (Å²) in [5.74, 6) is 1.11. The molecule has 0 radical (unpaired) electrons. The van der Waals surface area contributed by atoms with Crippen molar-refractivity contribution in [3.05, 3.63) is 35.3 Å². The van der Waals surface area contributed by atoms with Crippen molar-refractivity contribution in [2.24, 2.45) is 0 Å². The van der Waals surface area contributed by atoms with Crippen LogP contribution in [0.3, 0.4) is 0 Å². The van der Waals surface area contributed by atoms with Crippen LogP contribution < -0.4 is 0 Å². The van der Waals surface area contributed by atoms with Crippen molar-refractivity contribution in [2.75, 3.05) is 6.61 Å². The number of ether oxygens (including phenoxy) is 1. The van der Waals surface area contributed by atoms with Gasteiger partial charge >= 0.3 is 5.97 Å². The van der Waals surface area contributed by atoms with Crippen LogP contribution in [0.15, 0.2) is 17.1 Å². The van der Waals surface area contributed by atoms with Gasteiger partial charge in [0.25, 0.3) is 0 Å². The summed E-state index contributed by atoms with van der Waals surface area (Å²) in [5.41, 5.74) is 1.43. The number of unbranched alkanes of at least 4 members (excludes halogenated alkanes) is 1. The van der Waals surface area contributed by atoms with Crippen molar-refractivity contribution in [3.8, 4) is 0 Å². The molecule has 1 rings (SSSR count). The van der Waals surface area contributed by atoms with Crippen molar-refractivity contribution in [1.82, 2.24) is 0 Å². The minimum Gasteiger partial charge on any atom is -0.465 e. The predicted molar refractivity (Wildman–Crippen MR) is 62.6 cm³/mol. The molecule has 16 heavy (non-hydrogen) atoms. The lowest BCUT2D eigenvalue weighted by atomic mass is 10.1. The highest BCUT2D eigenvalue weighted by Crippen LogP contribution is 2.21. The SMILES string of the molecule is C=CCCCOC(=O)c1c(C)oc(C)c1C. The molecule has 0 aliphatic rings. The minimum absolute atomic E-state index is 0.295. The van der Waals surface area contributed by atoms with Crippen molar-refractivity contribution in [1.29, 1.82) is 0 Å². The predicted octanol–water partition coefficient (Wildman–Crippen LogP) is 3.33. The normalized spacial score (nSPS) is 10.2. The van der Waals surface area contributed by atoms with E-state index in [9.17, 15) is 4.79 Å². The lowest BCUT2D eigenvalue weighted by molar-refractivity contribution is 0.0498. The molecule has 0 saturated heterocycles. The van der Waals surface area contributed by atoms with Crippen molar-refractivity contribution in [3.63, 3.8) is 0 Å². The summed E-state index contributed by atoms with van der Waals surface area (Å²) < 4.78 is 10.5. The molecule has 3 heteroatoms. The van der Waals surface area contributed by atoms with Gasteiger partial charge in [-0.1, -0.05) is 6.08 Å². The number of allylic oxidation sites excluding steroid dienone is 1. The second kappa shape index (κ2) is 5.54. The quantitative estimate of drug-likeness (QED) is 0.436. The Balaban J connectivity index is 2.62. The third-order valence-corrected chi connectivity index (χ3v) is 2.55. The molecule has 0 aromatic carbocycles. The molecule has 88 valence electrons. The molecule has 0 spiro atoms. The molecular weight excluding hydrogens is 204 g/mol. The average molecular weight is 222 g/mol. The molecule has 0 bridgehead atoms. The fourth-order valence-electron chi connectivity index (χ4n) is 1.56. The Bertz CT molecular complexity index is 388. The average Bonchev–Trinajstić information content (AvgIpc) is 2.48. The molecule has 0 amide bonds. The molecule has 1 aromatic rings. The van der Waals surface area contributed by atoms with Gasteiger partial charge in [0.15, 0.2) is 0 Å². The van der Waals surface area contributed by atoms with Gasteiger partial charge in [-0.15, -0.1) is 6.58 Å². The van der Waals surface area contributed by atoms with Crippen LogP contribution in [0, 0.1) is 20.8 Å². The maximum atomic E-state index is 11.8. The van der Waals surface area contributed by atoms with Gasteiger partial charge in [0.05, 0.1) is 6.61 Å². The monoisotopic (exact) mass is 222 g/mol. The topological polar surface area (TPSA) is 39.4 Å². The van der Waals surface area contributed by atoms with E-state index in [0.717, 1.165) is 24.2 Å². The van der Waals surface area contributed by atoms with Gasteiger partial charge in [-0.3, -0.25) is 0 Å². The third-order valence-electron chi connectivity index (χ3n) is 2.55. The van der Waals surface area contributed by atoms with Gasteiger partial charge in [-0.2, -0.15) is 0 Å². The lowest BCUT2D eigenvalue weighted by Gasteiger charge is -2.03. The molecule has 0 aliphatic carbocycles. The van der Waals surface area contributed by atoms with Crippen LogP contribution in [0.25, 0.3) is 0 Å². The zero-order chi connectivity index (χ0) is 12.1. The molecular formula is C13H18O3. The van der Waals surface area contributed by atoms with E-state index < -0.39 is 0 Å². The van der Waals surface area contributed by atoms with Gasteiger partial charge in [0.1, 0.15) is 17.1 Å². The van der Waals surface area contributed by atoms with E-state index in [2.05, 4.69) is 6.58 Å². The van der Waals surface area contributed by atoms with E-state index in [1.165, 1.54) is 0 Å². The molecule has 1 heterocycles. The Morgan fingerprint density at radius 1 is 1.38 bits per heavy atom. The molecule has 1 aromatic heterocycles. The van der Waals surface area contributed by atoms with Crippen molar-refractivity contribution in [2.45, 2.75) is 33.6 Å². The summed E-state index contributed by atoms with van der Waals surface area (Å²) in [6.45, 7) is 9.53. The summed E-state index contributed by atoms with van der Waals surface area (Å²) in [6, 6.07) is 0. The zero-order valence-electron chi connectivity index (χ0n) is 10.1. The number of carbonyl (C=O) groups excluding carboxylic acids is 1. The van der Waals surface area contributed by atoms with E-state index in [1.54, 1.807) is 6.92 Å². The first-order valence-corrected chi connectivity index (χ1v) is 5.42. The second-order valence-corrected chi connectivity index (χ2v) is 3.78. The highest BCUT2D eigenvalue weighted by atomic mass is 16.5. The van der Waals surface area contributed by atoms with E-state index in [-0.39, 0.29) is 5.97 Å². The van der Waals surface area contributed by atoms with E-state index in [1.807, 2.05) is 19.9 Å². The summed E-state index contributed by atoms with van der Waals surface area (Å²) in [7, 11) is 0. The molecule has 0 fully saturated rings.